The van der Waals surface area contributed by atoms with E-state index in [9.17, 15) is 19.8 Å². The fourth-order valence-electron chi connectivity index (χ4n) is 5.24. The van der Waals surface area contributed by atoms with Gasteiger partial charge in [0.05, 0.1) is 11.8 Å². The maximum absolute atomic E-state index is 11.8. The highest BCUT2D eigenvalue weighted by Crippen LogP contribution is 2.26. The average Bonchev–Trinajstić information content (AvgIpc) is 3.55. The summed E-state index contributed by atoms with van der Waals surface area (Å²) in [5.74, 6) is -1.25. The van der Waals surface area contributed by atoms with Crippen LogP contribution in [-0.2, 0) is 29.0 Å². The quantitative estimate of drug-likeness (QED) is 0.403. The van der Waals surface area contributed by atoms with Crippen LogP contribution in [0.5, 0.6) is 5.75 Å². The van der Waals surface area contributed by atoms with Crippen molar-refractivity contribution in [1.29, 1.82) is 0 Å². The summed E-state index contributed by atoms with van der Waals surface area (Å²) in [4.78, 5) is 23.6. The van der Waals surface area contributed by atoms with Gasteiger partial charge >= 0.3 is 11.9 Å². The molecule has 4 N–H and O–H groups in total. The van der Waals surface area contributed by atoms with Gasteiger partial charge in [-0.25, -0.2) is 0 Å². The molecule has 0 saturated carbocycles. The highest BCUT2D eigenvalue weighted by atomic mass is 16.5. The summed E-state index contributed by atoms with van der Waals surface area (Å²) in [6, 6.07) is 15.6. The molecule has 0 unspecified atom stereocenters. The Morgan fingerprint density at radius 1 is 0.824 bits per heavy atom. The van der Waals surface area contributed by atoms with Crippen LogP contribution in [0, 0.1) is 23.7 Å². The van der Waals surface area contributed by atoms with Crippen LogP contribution < -0.4 is 15.4 Å². The van der Waals surface area contributed by atoms with Gasteiger partial charge in [-0.05, 0) is 92.5 Å². The number of carboxylic acids is 2. The summed E-state index contributed by atoms with van der Waals surface area (Å²) in [6.07, 6.45) is 2.79. The topological polar surface area (TPSA) is 108 Å². The minimum atomic E-state index is -0.745. The summed E-state index contributed by atoms with van der Waals surface area (Å²) in [6.45, 7) is 3.64. The number of benzene rings is 2. The Hall–Kier alpha value is -2.90. The van der Waals surface area contributed by atoms with E-state index in [1.54, 1.807) is 0 Å². The zero-order chi connectivity index (χ0) is 23.9. The molecule has 7 nitrogen and oxygen atoms in total. The Morgan fingerprint density at radius 3 is 1.88 bits per heavy atom. The molecule has 182 valence electrons. The first-order valence-electron chi connectivity index (χ1n) is 12.2. The van der Waals surface area contributed by atoms with Crippen LogP contribution in [-0.4, -0.2) is 48.3 Å². The molecular formula is C27H34N2O5. The molecular weight excluding hydrogens is 432 g/mol. The van der Waals surface area contributed by atoms with Crippen molar-refractivity contribution in [1.82, 2.24) is 10.6 Å². The largest absolute Gasteiger partial charge is 0.489 e. The number of aliphatic carboxylic acids is 2. The number of ether oxygens (including phenoxy) is 1. The highest BCUT2D eigenvalue weighted by molar-refractivity contribution is 5.71. The van der Waals surface area contributed by atoms with E-state index >= 15 is 0 Å². The normalized spacial score (nSPS) is 21.8. The van der Waals surface area contributed by atoms with Crippen molar-refractivity contribution in [3.8, 4) is 5.75 Å². The van der Waals surface area contributed by atoms with Gasteiger partial charge in [0.2, 0.25) is 0 Å². The molecule has 2 saturated heterocycles. The molecule has 2 heterocycles. The summed E-state index contributed by atoms with van der Waals surface area (Å²) >= 11 is 0. The van der Waals surface area contributed by atoms with Gasteiger partial charge in [-0.15, -0.1) is 0 Å². The standard InChI is InChI=1S/C27H34N2O5/c30-26(31)24(21-7-9-28-15-21)13-18-3-1-5-20(11-18)17-34-23-6-2-4-19(12-23)14-25(27(32)33)22-8-10-29-16-22/h1-6,11-12,21-22,24-25,28-29H,7-10,13-17H2,(H,30,31)(H,32,33)/t21-,22-,24-,25-/m0/s1. The molecule has 4 atom stereocenters. The molecule has 0 aliphatic carbocycles. The predicted molar refractivity (Wildman–Crippen MR) is 129 cm³/mol. The van der Waals surface area contributed by atoms with Crippen LogP contribution in [0.1, 0.15) is 29.5 Å². The van der Waals surface area contributed by atoms with Crippen molar-refractivity contribution in [2.45, 2.75) is 32.3 Å². The van der Waals surface area contributed by atoms with Crippen molar-refractivity contribution in [3.63, 3.8) is 0 Å². The minimum Gasteiger partial charge on any atom is -0.489 e. The van der Waals surface area contributed by atoms with Gasteiger partial charge in [-0.1, -0.05) is 36.4 Å². The number of nitrogens with one attached hydrogen (secondary N) is 2. The lowest BCUT2D eigenvalue weighted by Gasteiger charge is -2.19. The van der Waals surface area contributed by atoms with Gasteiger partial charge in [-0.3, -0.25) is 9.59 Å². The Bertz CT molecular complexity index is 903. The summed E-state index contributed by atoms with van der Waals surface area (Å²) < 4.78 is 6.02. The second-order valence-electron chi connectivity index (χ2n) is 9.56. The lowest BCUT2D eigenvalue weighted by Crippen LogP contribution is -2.27. The first kappa shape index (κ1) is 24.2. The molecule has 0 bridgehead atoms. The molecule has 2 aromatic carbocycles. The minimum absolute atomic E-state index is 0.152. The van der Waals surface area contributed by atoms with E-state index in [4.69, 9.17) is 4.74 Å². The van der Waals surface area contributed by atoms with Gasteiger partial charge in [0.15, 0.2) is 0 Å². The van der Waals surface area contributed by atoms with Crippen LogP contribution in [0.4, 0.5) is 0 Å². The molecule has 0 amide bonds. The SMILES string of the molecule is O=C(O)[C@@H](Cc1cccc(COc2cccc(C[C@H](C(=O)O)[C@H]3CCNC3)c2)c1)[C@H]1CCNC1. The predicted octanol–water partition coefficient (Wildman–Crippen LogP) is 2.97. The molecule has 2 fully saturated rings. The fourth-order valence-corrected chi connectivity index (χ4v) is 5.24. The molecule has 2 aliphatic rings. The lowest BCUT2D eigenvalue weighted by atomic mass is 9.86. The van der Waals surface area contributed by atoms with Gasteiger partial charge in [0.1, 0.15) is 12.4 Å². The van der Waals surface area contributed by atoms with E-state index in [1.165, 1.54) is 0 Å². The Kier molecular flexibility index (Phi) is 8.19. The van der Waals surface area contributed by atoms with Gasteiger partial charge in [-0.2, -0.15) is 0 Å². The van der Waals surface area contributed by atoms with Gasteiger partial charge in [0, 0.05) is 0 Å². The molecule has 2 aromatic rings. The third-order valence-corrected chi connectivity index (χ3v) is 7.18. The van der Waals surface area contributed by atoms with Crippen molar-refractivity contribution >= 4 is 11.9 Å². The lowest BCUT2D eigenvalue weighted by molar-refractivity contribution is -0.144. The van der Waals surface area contributed by atoms with E-state index in [0.29, 0.717) is 25.2 Å². The molecule has 0 spiro atoms. The van der Waals surface area contributed by atoms with Crippen molar-refractivity contribution in [2.24, 2.45) is 23.7 Å². The molecule has 7 heteroatoms. The summed E-state index contributed by atoms with van der Waals surface area (Å²) in [7, 11) is 0. The fraction of sp³-hybridized carbons (Fsp3) is 0.481. The van der Waals surface area contributed by atoms with E-state index in [-0.39, 0.29) is 17.8 Å². The van der Waals surface area contributed by atoms with Crippen LogP contribution in [0.25, 0.3) is 0 Å². The number of hydrogen-bond acceptors (Lipinski definition) is 5. The van der Waals surface area contributed by atoms with Gasteiger partial charge in [0.25, 0.3) is 0 Å². The average molecular weight is 467 g/mol. The van der Waals surface area contributed by atoms with E-state index in [1.807, 2.05) is 48.5 Å². The molecule has 0 radical (unpaired) electrons. The second kappa shape index (κ2) is 11.5. The summed E-state index contributed by atoms with van der Waals surface area (Å²) in [5.41, 5.74) is 2.95. The molecule has 0 aromatic heterocycles. The molecule has 4 rings (SSSR count). The maximum atomic E-state index is 11.8. The second-order valence-corrected chi connectivity index (χ2v) is 9.56. The third-order valence-electron chi connectivity index (χ3n) is 7.18. The van der Waals surface area contributed by atoms with Crippen LogP contribution >= 0.6 is 0 Å². The Morgan fingerprint density at radius 2 is 1.35 bits per heavy atom. The van der Waals surface area contributed by atoms with Crippen LogP contribution in [0.3, 0.4) is 0 Å². The van der Waals surface area contributed by atoms with E-state index < -0.39 is 17.9 Å². The van der Waals surface area contributed by atoms with Crippen LogP contribution in [0.2, 0.25) is 0 Å². The van der Waals surface area contributed by atoms with Crippen molar-refractivity contribution in [2.75, 3.05) is 26.2 Å². The monoisotopic (exact) mass is 466 g/mol. The smallest absolute Gasteiger partial charge is 0.307 e. The zero-order valence-corrected chi connectivity index (χ0v) is 19.4. The van der Waals surface area contributed by atoms with Crippen molar-refractivity contribution < 1.29 is 24.5 Å². The Balaban J connectivity index is 1.37. The number of hydrogen-bond donors (Lipinski definition) is 4. The molecule has 2 aliphatic heterocycles. The Labute approximate surface area is 200 Å². The highest BCUT2D eigenvalue weighted by Gasteiger charge is 2.31. The maximum Gasteiger partial charge on any atom is 0.307 e. The number of carbonyl (C=O) groups is 2. The van der Waals surface area contributed by atoms with Crippen LogP contribution in [0.15, 0.2) is 48.5 Å². The number of carboxylic acid groups (broad SMARTS) is 2. The first-order chi connectivity index (χ1) is 16.5. The van der Waals surface area contributed by atoms with Crippen molar-refractivity contribution in [3.05, 3.63) is 65.2 Å². The molecule has 34 heavy (non-hydrogen) atoms. The number of rotatable bonds is 11. The summed E-state index contributed by atoms with van der Waals surface area (Å²) in [5, 5.41) is 25.9. The first-order valence-corrected chi connectivity index (χ1v) is 12.2. The third kappa shape index (κ3) is 6.36. The van der Waals surface area contributed by atoms with Gasteiger partial charge < -0.3 is 25.6 Å². The zero-order valence-electron chi connectivity index (χ0n) is 19.4. The van der Waals surface area contributed by atoms with E-state index in [2.05, 4.69) is 10.6 Å². The van der Waals surface area contributed by atoms with E-state index in [0.717, 1.165) is 55.7 Å².